The van der Waals surface area contributed by atoms with Crippen molar-refractivity contribution in [2.75, 3.05) is 6.54 Å². The fraction of sp³-hybridized carbons (Fsp3) is 0.417. The molecule has 0 aliphatic heterocycles. The van der Waals surface area contributed by atoms with Crippen LogP contribution in [0.25, 0.3) is 0 Å². The molecule has 0 aliphatic rings. The fourth-order valence-electron chi connectivity index (χ4n) is 1.61. The summed E-state index contributed by atoms with van der Waals surface area (Å²) in [6.45, 7) is 1.52. The molecular formula is C12H16ClN5S. The molecule has 7 heteroatoms. The Bertz CT molecular complexity index is 516. The molecule has 2 rings (SSSR count). The highest BCUT2D eigenvalue weighted by Crippen LogP contribution is 2.24. The molecule has 0 bridgehead atoms. The summed E-state index contributed by atoms with van der Waals surface area (Å²) in [7, 11) is 0. The molecule has 0 saturated carbocycles. The molecule has 1 aromatic carbocycles. The van der Waals surface area contributed by atoms with E-state index in [0.29, 0.717) is 6.54 Å². The van der Waals surface area contributed by atoms with E-state index in [1.165, 1.54) is 0 Å². The Kier molecular flexibility index (Phi) is 5.62. The van der Waals surface area contributed by atoms with Crippen LogP contribution in [0, 0.1) is 0 Å². The van der Waals surface area contributed by atoms with E-state index in [9.17, 15) is 0 Å². The van der Waals surface area contributed by atoms with Crippen LogP contribution in [0.4, 0.5) is 0 Å². The lowest BCUT2D eigenvalue weighted by molar-refractivity contribution is 0.532. The van der Waals surface area contributed by atoms with Crippen LogP contribution >= 0.6 is 23.4 Å². The number of aromatic nitrogens is 4. The summed E-state index contributed by atoms with van der Waals surface area (Å²) >= 11 is 7.62. The quantitative estimate of drug-likeness (QED) is 0.627. The van der Waals surface area contributed by atoms with E-state index in [-0.39, 0.29) is 0 Å². The second-order valence-electron chi connectivity index (χ2n) is 4.06. The zero-order valence-corrected chi connectivity index (χ0v) is 12.1. The van der Waals surface area contributed by atoms with E-state index < -0.39 is 0 Å². The zero-order valence-electron chi connectivity index (χ0n) is 10.5. The highest BCUT2D eigenvalue weighted by Gasteiger charge is 2.06. The third kappa shape index (κ3) is 4.49. The molecule has 0 atom stereocenters. The van der Waals surface area contributed by atoms with Crippen LogP contribution in [-0.4, -0.2) is 26.8 Å². The van der Waals surface area contributed by atoms with E-state index in [1.807, 2.05) is 28.9 Å². The van der Waals surface area contributed by atoms with Gasteiger partial charge in [0.25, 0.3) is 0 Å². The van der Waals surface area contributed by atoms with E-state index in [0.717, 1.165) is 40.9 Å². The van der Waals surface area contributed by atoms with Gasteiger partial charge in [-0.15, -0.1) is 16.9 Å². The third-order valence-corrected chi connectivity index (χ3v) is 3.82. The molecule has 5 nitrogen and oxygen atoms in total. The number of nitrogens with two attached hydrogens (primary N) is 1. The molecule has 0 aliphatic carbocycles. The summed E-state index contributed by atoms with van der Waals surface area (Å²) in [5.41, 5.74) is 5.48. The first-order valence-electron chi connectivity index (χ1n) is 6.13. The Morgan fingerprint density at radius 3 is 3.00 bits per heavy atom. The van der Waals surface area contributed by atoms with Crippen molar-refractivity contribution in [3.63, 3.8) is 0 Å². The van der Waals surface area contributed by atoms with Crippen LogP contribution in [0.1, 0.15) is 18.7 Å². The molecule has 0 radical (unpaired) electrons. The lowest BCUT2D eigenvalue weighted by Crippen LogP contribution is -2.07. The van der Waals surface area contributed by atoms with Crippen LogP contribution in [0.15, 0.2) is 29.2 Å². The van der Waals surface area contributed by atoms with E-state index in [1.54, 1.807) is 11.8 Å². The molecule has 2 aromatic rings. The smallest absolute Gasteiger partial charge is 0.161 e. The largest absolute Gasteiger partial charge is 0.330 e. The number of benzene rings is 1. The number of hydrogen-bond donors (Lipinski definition) is 1. The van der Waals surface area contributed by atoms with Crippen LogP contribution in [0.3, 0.4) is 0 Å². The van der Waals surface area contributed by atoms with Gasteiger partial charge >= 0.3 is 0 Å². The maximum atomic E-state index is 5.95. The van der Waals surface area contributed by atoms with Gasteiger partial charge in [0.1, 0.15) is 0 Å². The first kappa shape index (κ1) is 14.3. The van der Waals surface area contributed by atoms with Crippen molar-refractivity contribution in [2.24, 2.45) is 5.73 Å². The topological polar surface area (TPSA) is 69.6 Å². The second-order valence-corrected chi connectivity index (χ2v) is 5.55. The molecule has 0 saturated heterocycles. The van der Waals surface area contributed by atoms with Crippen molar-refractivity contribution >= 4 is 23.4 Å². The van der Waals surface area contributed by atoms with Gasteiger partial charge in [0.05, 0.1) is 5.75 Å². The fourth-order valence-corrected chi connectivity index (χ4v) is 2.75. The maximum Gasteiger partial charge on any atom is 0.161 e. The lowest BCUT2D eigenvalue weighted by Gasteiger charge is -2.04. The monoisotopic (exact) mass is 297 g/mol. The SMILES string of the molecule is NCCCCn1nnnc1CSc1cccc(Cl)c1. The van der Waals surface area contributed by atoms with Crippen molar-refractivity contribution in [3.8, 4) is 0 Å². The van der Waals surface area contributed by atoms with Gasteiger partial charge in [0.15, 0.2) is 5.82 Å². The minimum atomic E-state index is 0.703. The molecule has 0 fully saturated rings. The van der Waals surface area contributed by atoms with Crippen molar-refractivity contribution < 1.29 is 0 Å². The van der Waals surface area contributed by atoms with E-state index in [2.05, 4.69) is 15.5 Å². The first-order chi connectivity index (χ1) is 9.29. The minimum Gasteiger partial charge on any atom is -0.330 e. The number of rotatable bonds is 7. The molecule has 102 valence electrons. The predicted molar refractivity (Wildman–Crippen MR) is 77.1 cm³/mol. The number of hydrogen-bond acceptors (Lipinski definition) is 5. The van der Waals surface area contributed by atoms with Crippen molar-refractivity contribution in [1.82, 2.24) is 20.2 Å². The molecule has 1 heterocycles. The van der Waals surface area contributed by atoms with Gasteiger partial charge in [-0.25, -0.2) is 4.68 Å². The van der Waals surface area contributed by atoms with Crippen LogP contribution < -0.4 is 5.73 Å². The predicted octanol–water partition coefficient (Wildman–Crippen LogP) is 2.36. The third-order valence-electron chi connectivity index (χ3n) is 2.59. The van der Waals surface area contributed by atoms with Gasteiger partial charge in [-0.2, -0.15) is 0 Å². The summed E-state index contributed by atoms with van der Waals surface area (Å²) in [5, 5.41) is 12.5. The maximum absolute atomic E-state index is 5.95. The van der Waals surface area contributed by atoms with Crippen molar-refractivity contribution in [2.45, 2.75) is 30.0 Å². The second kappa shape index (κ2) is 7.47. The molecule has 0 unspecified atom stereocenters. The number of aryl methyl sites for hydroxylation is 1. The summed E-state index contributed by atoms with van der Waals surface area (Å²) in [6, 6.07) is 7.77. The molecular weight excluding hydrogens is 282 g/mol. The number of halogens is 1. The normalized spacial score (nSPS) is 10.8. The standard InChI is InChI=1S/C12H16ClN5S/c13-10-4-3-5-11(8-10)19-9-12-15-16-17-18(12)7-2-1-6-14/h3-5,8H,1-2,6-7,9,14H2. The Labute approximate surface area is 121 Å². The highest BCUT2D eigenvalue weighted by atomic mass is 35.5. The zero-order chi connectivity index (χ0) is 13.5. The summed E-state index contributed by atoms with van der Waals surface area (Å²) < 4.78 is 1.84. The van der Waals surface area contributed by atoms with Gasteiger partial charge in [-0.1, -0.05) is 17.7 Å². The van der Waals surface area contributed by atoms with E-state index >= 15 is 0 Å². The Morgan fingerprint density at radius 1 is 1.32 bits per heavy atom. The van der Waals surface area contributed by atoms with E-state index in [4.69, 9.17) is 17.3 Å². The number of nitrogens with zero attached hydrogens (tertiary/aromatic N) is 4. The average molecular weight is 298 g/mol. The number of tetrazole rings is 1. The molecule has 1 aromatic heterocycles. The van der Waals surface area contributed by atoms with Gasteiger partial charge in [-0.3, -0.25) is 0 Å². The molecule has 0 amide bonds. The minimum absolute atomic E-state index is 0.703. The van der Waals surface area contributed by atoms with Gasteiger partial charge in [0.2, 0.25) is 0 Å². The Balaban J connectivity index is 1.90. The van der Waals surface area contributed by atoms with Gasteiger partial charge < -0.3 is 5.73 Å². The van der Waals surface area contributed by atoms with Crippen molar-refractivity contribution in [1.29, 1.82) is 0 Å². The van der Waals surface area contributed by atoms with Gasteiger partial charge in [0, 0.05) is 16.5 Å². The molecule has 0 spiro atoms. The first-order valence-corrected chi connectivity index (χ1v) is 7.49. The van der Waals surface area contributed by atoms with Crippen LogP contribution in [0.2, 0.25) is 5.02 Å². The lowest BCUT2D eigenvalue weighted by atomic mass is 10.3. The van der Waals surface area contributed by atoms with Crippen molar-refractivity contribution in [3.05, 3.63) is 35.1 Å². The summed E-state index contributed by atoms with van der Waals surface area (Å²) in [6.07, 6.45) is 1.98. The Morgan fingerprint density at radius 2 is 2.21 bits per heavy atom. The number of thioether (sulfide) groups is 1. The van der Waals surface area contributed by atoms with Gasteiger partial charge in [-0.05, 0) is 48.0 Å². The average Bonchev–Trinajstić information content (AvgIpc) is 2.84. The molecule has 2 N–H and O–H groups in total. The van der Waals surface area contributed by atoms with Crippen LogP contribution in [0.5, 0.6) is 0 Å². The number of unbranched alkanes of at least 4 members (excludes halogenated alkanes) is 1. The summed E-state index contributed by atoms with van der Waals surface area (Å²) in [4.78, 5) is 1.11. The highest BCUT2D eigenvalue weighted by molar-refractivity contribution is 7.98. The molecule has 19 heavy (non-hydrogen) atoms. The Hall–Kier alpha value is -1.11. The summed E-state index contributed by atoms with van der Waals surface area (Å²) in [5.74, 6) is 1.61. The van der Waals surface area contributed by atoms with Crippen LogP contribution in [-0.2, 0) is 12.3 Å².